The maximum Gasteiger partial charge on any atom is 0.269 e. The maximum atomic E-state index is 10.6. The summed E-state index contributed by atoms with van der Waals surface area (Å²) in [5, 5.41) is 10.6. The minimum atomic E-state index is -0.611. The van der Waals surface area contributed by atoms with E-state index in [9.17, 15) is 10.1 Å². The zero-order valence-corrected chi connectivity index (χ0v) is 8.88. The number of ether oxygens (including phenoxy) is 3. The molecule has 0 spiro atoms. The van der Waals surface area contributed by atoms with Gasteiger partial charge in [0, 0.05) is 37.5 Å². The van der Waals surface area contributed by atoms with Gasteiger partial charge in [-0.15, -0.1) is 0 Å². The molecule has 1 aliphatic heterocycles. The van der Waals surface area contributed by atoms with Gasteiger partial charge in [-0.25, -0.2) is 0 Å². The molecule has 1 aromatic rings. The summed E-state index contributed by atoms with van der Waals surface area (Å²) in [6.45, 7) is 0. The van der Waals surface area contributed by atoms with Crippen LogP contribution in [0.1, 0.15) is 23.7 Å². The first kappa shape index (κ1) is 11.0. The molecule has 0 saturated carbocycles. The van der Waals surface area contributed by atoms with Crippen LogP contribution < -0.4 is 0 Å². The fraction of sp³-hybridized carbons (Fsp3) is 0.400. The predicted molar refractivity (Wildman–Crippen MR) is 53.7 cm³/mol. The van der Waals surface area contributed by atoms with E-state index in [1.807, 2.05) is 0 Å². The number of hydrogen-bond acceptors (Lipinski definition) is 5. The van der Waals surface area contributed by atoms with Crippen molar-refractivity contribution in [3.8, 4) is 0 Å². The summed E-state index contributed by atoms with van der Waals surface area (Å²) in [6.07, 6.45) is -1.14. The van der Waals surface area contributed by atoms with Crippen molar-refractivity contribution in [1.29, 1.82) is 0 Å². The van der Waals surface area contributed by atoms with Crippen molar-refractivity contribution in [1.82, 2.24) is 0 Å². The summed E-state index contributed by atoms with van der Waals surface area (Å²) in [6, 6.07) is 4.50. The molecule has 1 heterocycles. The van der Waals surface area contributed by atoms with Crippen LogP contribution in [0.2, 0.25) is 0 Å². The number of nitro benzene ring substituents is 1. The first-order valence-corrected chi connectivity index (χ1v) is 4.66. The number of non-ortho nitro benzene ring substituents is 1. The number of fused-ring (bicyclic) bond motifs is 1. The Labute approximate surface area is 91.9 Å². The highest BCUT2D eigenvalue weighted by atomic mass is 16.8. The summed E-state index contributed by atoms with van der Waals surface area (Å²) in [4.78, 5) is 10.2. The van der Waals surface area contributed by atoms with Crippen LogP contribution in [0.3, 0.4) is 0 Å². The minimum Gasteiger partial charge on any atom is -0.352 e. The molecular weight excluding hydrogens is 214 g/mol. The second-order valence-corrected chi connectivity index (χ2v) is 3.34. The molecule has 86 valence electrons. The summed E-state index contributed by atoms with van der Waals surface area (Å²) < 4.78 is 15.6. The summed E-state index contributed by atoms with van der Waals surface area (Å²) in [5.41, 5.74) is 1.42. The average molecular weight is 225 g/mol. The molecule has 0 aliphatic carbocycles. The maximum absolute atomic E-state index is 10.6. The van der Waals surface area contributed by atoms with Crippen molar-refractivity contribution in [3.05, 3.63) is 39.4 Å². The van der Waals surface area contributed by atoms with Crippen LogP contribution in [0.5, 0.6) is 0 Å². The predicted octanol–water partition coefficient (Wildman–Crippen LogP) is 1.92. The third kappa shape index (κ3) is 1.67. The van der Waals surface area contributed by atoms with Crippen molar-refractivity contribution in [2.24, 2.45) is 0 Å². The van der Waals surface area contributed by atoms with Gasteiger partial charge in [0.2, 0.25) is 0 Å². The number of methoxy groups -OCH3 is 2. The molecule has 0 amide bonds. The molecule has 16 heavy (non-hydrogen) atoms. The van der Waals surface area contributed by atoms with Gasteiger partial charge < -0.3 is 14.2 Å². The number of nitro groups is 1. The molecule has 2 atom stereocenters. The molecule has 6 nitrogen and oxygen atoms in total. The Kier molecular flexibility index (Phi) is 2.86. The van der Waals surface area contributed by atoms with Gasteiger partial charge in [0.15, 0.2) is 12.6 Å². The first-order valence-electron chi connectivity index (χ1n) is 4.66. The lowest BCUT2D eigenvalue weighted by Crippen LogP contribution is -2.01. The van der Waals surface area contributed by atoms with Crippen LogP contribution in [-0.4, -0.2) is 19.1 Å². The number of nitrogens with zero attached hydrogens (tertiary/aromatic N) is 1. The van der Waals surface area contributed by atoms with Crippen molar-refractivity contribution in [2.45, 2.75) is 12.6 Å². The molecule has 0 N–H and O–H groups in total. The SMILES string of the molecule is CO[C@@H]1O[C@@H](OC)c2cc([N+](=O)[O-])ccc21. The van der Waals surface area contributed by atoms with Gasteiger partial charge in [0.05, 0.1) is 4.92 Å². The molecule has 1 aliphatic rings. The average Bonchev–Trinajstić information content (AvgIpc) is 2.65. The molecule has 0 saturated heterocycles. The monoisotopic (exact) mass is 225 g/mol. The van der Waals surface area contributed by atoms with E-state index >= 15 is 0 Å². The van der Waals surface area contributed by atoms with E-state index in [2.05, 4.69) is 0 Å². The Bertz CT molecular complexity index is 420. The fourth-order valence-corrected chi connectivity index (χ4v) is 1.72. The Morgan fingerprint density at radius 3 is 2.44 bits per heavy atom. The molecule has 0 radical (unpaired) electrons. The third-order valence-corrected chi connectivity index (χ3v) is 2.46. The molecule has 2 rings (SSSR count). The van der Waals surface area contributed by atoms with E-state index < -0.39 is 17.5 Å². The van der Waals surface area contributed by atoms with Crippen molar-refractivity contribution in [3.63, 3.8) is 0 Å². The first-order chi connectivity index (χ1) is 7.67. The standard InChI is InChI=1S/C10H11NO5/c1-14-9-7-4-3-6(11(12)13)5-8(7)10(15-2)16-9/h3-5,9-10H,1-2H3/t9-,10-/m1/s1. The Hall–Kier alpha value is -1.50. The molecule has 0 aromatic heterocycles. The van der Waals surface area contributed by atoms with Crippen LogP contribution in [0.15, 0.2) is 18.2 Å². The van der Waals surface area contributed by atoms with Gasteiger partial charge in [-0.1, -0.05) is 0 Å². The number of rotatable bonds is 3. The lowest BCUT2D eigenvalue weighted by Gasteiger charge is -2.10. The summed E-state index contributed by atoms with van der Waals surface area (Å²) >= 11 is 0. The van der Waals surface area contributed by atoms with Crippen LogP contribution in [0, 0.1) is 10.1 Å². The van der Waals surface area contributed by atoms with Crippen LogP contribution >= 0.6 is 0 Å². The molecule has 0 fully saturated rings. The van der Waals surface area contributed by atoms with E-state index in [0.29, 0.717) is 5.56 Å². The smallest absolute Gasteiger partial charge is 0.269 e. The van der Waals surface area contributed by atoms with Gasteiger partial charge in [-0.3, -0.25) is 10.1 Å². The highest BCUT2D eigenvalue weighted by molar-refractivity contribution is 5.42. The van der Waals surface area contributed by atoms with Crippen molar-refractivity contribution in [2.75, 3.05) is 14.2 Å². The Morgan fingerprint density at radius 2 is 1.88 bits per heavy atom. The van der Waals surface area contributed by atoms with Crippen molar-refractivity contribution >= 4 is 5.69 Å². The van der Waals surface area contributed by atoms with Gasteiger partial charge >= 0.3 is 0 Å². The highest BCUT2D eigenvalue weighted by Gasteiger charge is 2.33. The minimum absolute atomic E-state index is 0.0150. The zero-order valence-electron chi connectivity index (χ0n) is 8.88. The van der Waals surface area contributed by atoms with Gasteiger partial charge in [-0.05, 0) is 6.07 Å². The van der Waals surface area contributed by atoms with E-state index in [-0.39, 0.29) is 5.69 Å². The Balaban J connectivity index is 2.44. The summed E-state index contributed by atoms with van der Waals surface area (Å²) in [7, 11) is 2.99. The van der Waals surface area contributed by atoms with Gasteiger partial charge in [0.1, 0.15) is 0 Å². The molecule has 0 unspecified atom stereocenters. The topological polar surface area (TPSA) is 70.8 Å². The molecule has 6 heteroatoms. The zero-order chi connectivity index (χ0) is 11.7. The van der Waals surface area contributed by atoms with E-state index in [1.165, 1.54) is 26.4 Å². The lowest BCUT2D eigenvalue weighted by atomic mass is 10.1. The van der Waals surface area contributed by atoms with Crippen molar-refractivity contribution < 1.29 is 19.1 Å². The quantitative estimate of drug-likeness (QED) is 0.580. The summed E-state index contributed by atoms with van der Waals surface area (Å²) in [5.74, 6) is 0. The van der Waals surface area contributed by atoms with Gasteiger partial charge in [-0.2, -0.15) is 0 Å². The second kappa shape index (κ2) is 4.17. The number of benzene rings is 1. The normalized spacial score (nSPS) is 23.1. The Morgan fingerprint density at radius 1 is 1.25 bits per heavy atom. The van der Waals surface area contributed by atoms with E-state index in [1.54, 1.807) is 6.07 Å². The second-order valence-electron chi connectivity index (χ2n) is 3.34. The van der Waals surface area contributed by atoms with E-state index in [0.717, 1.165) is 5.56 Å². The lowest BCUT2D eigenvalue weighted by molar-refractivity contribution is -0.385. The third-order valence-electron chi connectivity index (χ3n) is 2.46. The van der Waals surface area contributed by atoms with Crippen LogP contribution in [0.4, 0.5) is 5.69 Å². The van der Waals surface area contributed by atoms with Crippen LogP contribution in [-0.2, 0) is 14.2 Å². The number of hydrogen-bond donors (Lipinski definition) is 0. The fourth-order valence-electron chi connectivity index (χ4n) is 1.72. The molecular formula is C10H11NO5. The van der Waals surface area contributed by atoms with Crippen LogP contribution in [0.25, 0.3) is 0 Å². The highest BCUT2D eigenvalue weighted by Crippen LogP contribution is 2.41. The molecule has 1 aromatic carbocycles. The largest absolute Gasteiger partial charge is 0.352 e. The van der Waals surface area contributed by atoms with E-state index in [4.69, 9.17) is 14.2 Å². The van der Waals surface area contributed by atoms with Gasteiger partial charge in [0.25, 0.3) is 5.69 Å². The molecule has 0 bridgehead atoms.